The molecule has 3 aliphatic rings. The standard InChI is InChI=1S/C16H28N2O/c1-11(16(19)18-14-5-3-2-4-6-14)17-15(12-7-8-12)13-9-10-13/h11-15,17H,2-10H2,1H3,(H,18,19). The number of carbonyl (C=O) groups is 1. The monoisotopic (exact) mass is 264 g/mol. The summed E-state index contributed by atoms with van der Waals surface area (Å²) >= 11 is 0. The molecule has 3 fully saturated rings. The van der Waals surface area contributed by atoms with Gasteiger partial charge in [-0.2, -0.15) is 0 Å². The second-order valence-electron chi connectivity index (χ2n) is 6.93. The van der Waals surface area contributed by atoms with Crippen LogP contribution >= 0.6 is 0 Å². The first-order valence-electron chi connectivity index (χ1n) is 8.30. The van der Waals surface area contributed by atoms with Gasteiger partial charge in [0.25, 0.3) is 0 Å². The molecule has 0 spiro atoms. The zero-order valence-corrected chi connectivity index (χ0v) is 12.2. The minimum absolute atomic E-state index is 0.0203. The summed E-state index contributed by atoms with van der Waals surface area (Å²) in [4.78, 5) is 12.3. The molecule has 0 heterocycles. The van der Waals surface area contributed by atoms with Crippen molar-refractivity contribution in [3.8, 4) is 0 Å². The highest BCUT2D eigenvalue weighted by Crippen LogP contribution is 2.44. The van der Waals surface area contributed by atoms with Crippen LogP contribution in [-0.4, -0.2) is 24.0 Å². The van der Waals surface area contributed by atoms with Crippen molar-refractivity contribution in [2.75, 3.05) is 0 Å². The summed E-state index contributed by atoms with van der Waals surface area (Å²) in [5.74, 6) is 1.94. The normalized spacial score (nSPS) is 26.4. The molecule has 2 N–H and O–H groups in total. The summed E-state index contributed by atoms with van der Waals surface area (Å²) in [6.45, 7) is 2.04. The summed E-state index contributed by atoms with van der Waals surface area (Å²) in [7, 11) is 0. The lowest BCUT2D eigenvalue weighted by molar-refractivity contribution is -0.124. The molecule has 0 aromatic heterocycles. The van der Waals surface area contributed by atoms with Crippen LogP contribution in [0.3, 0.4) is 0 Å². The van der Waals surface area contributed by atoms with E-state index in [4.69, 9.17) is 0 Å². The van der Waals surface area contributed by atoms with Crippen LogP contribution in [0, 0.1) is 11.8 Å². The largest absolute Gasteiger partial charge is 0.352 e. The van der Waals surface area contributed by atoms with E-state index in [-0.39, 0.29) is 11.9 Å². The molecule has 1 unspecified atom stereocenters. The Hall–Kier alpha value is -0.570. The summed E-state index contributed by atoms with van der Waals surface area (Å²) in [5.41, 5.74) is 0. The smallest absolute Gasteiger partial charge is 0.237 e. The first-order chi connectivity index (χ1) is 9.24. The molecule has 0 bridgehead atoms. The predicted molar refractivity (Wildman–Crippen MR) is 76.8 cm³/mol. The summed E-state index contributed by atoms with van der Waals surface area (Å²) in [6, 6.07) is 1.03. The Morgan fingerprint density at radius 1 is 0.947 bits per heavy atom. The van der Waals surface area contributed by atoms with Gasteiger partial charge in [-0.05, 0) is 57.3 Å². The van der Waals surface area contributed by atoms with Crippen molar-refractivity contribution in [2.45, 2.75) is 82.8 Å². The molecule has 3 rings (SSSR count). The van der Waals surface area contributed by atoms with Crippen molar-refractivity contribution in [1.29, 1.82) is 0 Å². The molecule has 3 saturated carbocycles. The average Bonchev–Trinajstić information content (AvgIpc) is 3.30. The van der Waals surface area contributed by atoms with E-state index in [0.29, 0.717) is 12.1 Å². The van der Waals surface area contributed by atoms with Gasteiger partial charge in [0.15, 0.2) is 0 Å². The Bertz CT molecular complexity index is 305. The molecule has 3 nitrogen and oxygen atoms in total. The number of hydrogen-bond donors (Lipinski definition) is 2. The fourth-order valence-electron chi connectivity index (χ4n) is 3.51. The topological polar surface area (TPSA) is 41.1 Å². The van der Waals surface area contributed by atoms with Gasteiger partial charge in [-0.1, -0.05) is 19.3 Å². The maximum Gasteiger partial charge on any atom is 0.237 e. The molecule has 0 saturated heterocycles. The molecule has 1 amide bonds. The van der Waals surface area contributed by atoms with Gasteiger partial charge in [-0.3, -0.25) is 4.79 Å². The Kier molecular flexibility index (Phi) is 4.11. The van der Waals surface area contributed by atoms with E-state index in [0.717, 1.165) is 11.8 Å². The predicted octanol–water partition coefficient (Wildman–Crippen LogP) is 2.60. The molecule has 0 aromatic rings. The Morgan fingerprint density at radius 2 is 1.53 bits per heavy atom. The van der Waals surface area contributed by atoms with Gasteiger partial charge in [0.2, 0.25) is 5.91 Å². The molecule has 3 aliphatic carbocycles. The molecule has 0 aromatic carbocycles. The van der Waals surface area contributed by atoms with Crippen molar-refractivity contribution >= 4 is 5.91 Å². The number of amides is 1. The van der Waals surface area contributed by atoms with Crippen molar-refractivity contribution in [1.82, 2.24) is 10.6 Å². The number of nitrogens with one attached hydrogen (secondary N) is 2. The molecule has 0 aliphatic heterocycles. The fourth-order valence-corrected chi connectivity index (χ4v) is 3.51. The molecule has 3 heteroatoms. The van der Waals surface area contributed by atoms with Crippen LogP contribution in [-0.2, 0) is 4.79 Å². The third kappa shape index (κ3) is 3.71. The van der Waals surface area contributed by atoms with Gasteiger partial charge < -0.3 is 10.6 Å². The van der Waals surface area contributed by atoms with E-state index in [1.807, 2.05) is 6.92 Å². The summed E-state index contributed by atoms with van der Waals surface area (Å²) < 4.78 is 0. The molecule has 1 atom stereocenters. The van der Waals surface area contributed by atoms with Gasteiger partial charge in [0.05, 0.1) is 6.04 Å². The highest BCUT2D eigenvalue weighted by molar-refractivity contribution is 5.81. The molecular weight excluding hydrogens is 236 g/mol. The molecule has 108 valence electrons. The zero-order valence-electron chi connectivity index (χ0n) is 12.2. The van der Waals surface area contributed by atoms with E-state index < -0.39 is 0 Å². The van der Waals surface area contributed by atoms with Gasteiger partial charge in [0, 0.05) is 12.1 Å². The maximum absolute atomic E-state index is 12.3. The lowest BCUT2D eigenvalue weighted by Crippen LogP contribution is -2.50. The van der Waals surface area contributed by atoms with Crippen LogP contribution in [0.5, 0.6) is 0 Å². The van der Waals surface area contributed by atoms with Gasteiger partial charge >= 0.3 is 0 Å². The second-order valence-corrected chi connectivity index (χ2v) is 6.93. The minimum Gasteiger partial charge on any atom is -0.352 e. The van der Waals surface area contributed by atoms with Crippen LogP contribution in [0.1, 0.15) is 64.7 Å². The maximum atomic E-state index is 12.3. The first-order valence-corrected chi connectivity index (χ1v) is 8.30. The van der Waals surface area contributed by atoms with Gasteiger partial charge in [-0.15, -0.1) is 0 Å². The third-order valence-corrected chi connectivity index (χ3v) is 5.05. The lowest BCUT2D eigenvalue weighted by atomic mass is 9.95. The van der Waals surface area contributed by atoms with Crippen LogP contribution < -0.4 is 10.6 Å². The van der Waals surface area contributed by atoms with Gasteiger partial charge in [0.1, 0.15) is 0 Å². The SMILES string of the molecule is CC(NC(C1CC1)C1CC1)C(=O)NC1CCCCC1. The first kappa shape index (κ1) is 13.4. The quantitative estimate of drug-likeness (QED) is 0.774. The van der Waals surface area contributed by atoms with Crippen molar-refractivity contribution in [2.24, 2.45) is 11.8 Å². The van der Waals surface area contributed by atoms with E-state index in [1.54, 1.807) is 0 Å². The van der Waals surface area contributed by atoms with E-state index >= 15 is 0 Å². The van der Waals surface area contributed by atoms with Gasteiger partial charge in [-0.25, -0.2) is 0 Å². The minimum atomic E-state index is -0.0203. The average molecular weight is 264 g/mol. The van der Waals surface area contributed by atoms with E-state index in [9.17, 15) is 4.79 Å². The Morgan fingerprint density at radius 3 is 2.05 bits per heavy atom. The van der Waals surface area contributed by atoms with Crippen LogP contribution in [0.4, 0.5) is 0 Å². The third-order valence-electron chi connectivity index (χ3n) is 5.05. The summed E-state index contributed by atoms with van der Waals surface area (Å²) in [5, 5.41) is 6.86. The molecular formula is C16H28N2O. The number of hydrogen-bond acceptors (Lipinski definition) is 2. The Labute approximate surface area is 116 Å². The van der Waals surface area contributed by atoms with Crippen LogP contribution in [0.2, 0.25) is 0 Å². The van der Waals surface area contributed by atoms with Crippen molar-refractivity contribution < 1.29 is 4.79 Å². The van der Waals surface area contributed by atoms with E-state index in [1.165, 1.54) is 57.8 Å². The lowest BCUT2D eigenvalue weighted by Gasteiger charge is -2.27. The number of rotatable bonds is 6. The highest BCUT2D eigenvalue weighted by atomic mass is 16.2. The zero-order chi connectivity index (χ0) is 13.2. The summed E-state index contributed by atoms with van der Waals surface area (Å²) in [6.07, 6.45) is 11.7. The molecule has 0 radical (unpaired) electrons. The van der Waals surface area contributed by atoms with Crippen LogP contribution in [0.15, 0.2) is 0 Å². The molecule has 19 heavy (non-hydrogen) atoms. The second kappa shape index (κ2) is 5.82. The number of carbonyl (C=O) groups excluding carboxylic acids is 1. The van der Waals surface area contributed by atoms with E-state index in [2.05, 4.69) is 10.6 Å². The van der Waals surface area contributed by atoms with Crippen molar-refractivity contribution in [3.63, 3.8) is 0 Å². The Balaban J connectivity index is 1.45. The van der Waals surface area contributed by atoms with Crippen LogP contribution in [0.25, 0.3) is 0 Å². The highest BCUT2D eigenvalue weighted by Gasteiger charge is 2.42. The van der Waals surface area contributed by atoms with Crippen molar-refractivity contribution in [3.05, 3.63) is 0 Å². The fraction of sp³-hybridized carbons (Fsp3) is 0.938.